The molecular weight excluding hydrogens is 397 g/mol. The van der Waals surface area contributed by atoms with E-state index in [1.807, 2.05) is 12.1 Å². The number of anilines is 2. The van der Waals surface area contributed by atoms with Crippen molar-refractivity contribution in [2.45, 2.75) is 25.4 Å². The number of amides is 1. The van der Waals surface area contributed by atoms with E-state index in [-0.39, 0.29) is 36.8 Å². The van der Waals surface area contributed by atoms with Gasteiger partial charge in [-0.25, -0.2) is 0 Å². The molecule has 1 atom stereocenters. The smallest absolute Gasteiger partial charge is 0.226 e. The Hall–Kier alpha value is -1.79. The number of hydrogen-bond donors (Lipinski definition) is 2. The lowest BCUT2D eigenvalue weighted by molar-refractivity contribution is -0.117. The summed E-state index contributed by atoms with van der Waals surface area (Å²) in [4.78, 5) is 14.6. The molecule has 2 aromatic carbocycles. The first-order chi connectivity index (χ1) is 12.8. The van der Waals surface area contributed by atoms with Gasteiger partial charge in [0.05, 0.1) is 13.2 Å². The van der Waals surface area contributed by atoms with Crippen molar-refractivity contribution in [1.82, 2.24) is 5.32 Å². The average Bonchev–Trinajstić information content (AvgIpc) is 3.07. The SMILES string of the molecule is Cl.Cl.O=C(CC1COCCN1)Nc1ccc(CN2CCc3ccccc32)cc1. The van der Waals surface area contributed by atoms with Crippen LogP contribution in [0.25, 0.3) is 0 Å². The number of benzene rings is 2. The van der Waals surface area contributed by atoms with Crippen LogP contribution in [-0.2, 0) is 22.5 Å². The summed E-state index contributed by atoms with van der Waals surface area (Å²) in [6, 6.07) is 16.9. The van der Waals surface area contributed by atoms with Gasteiger partial charge in [0.15, 0.2) is 0 Å². The van der Waals surface area contributed by atoms with E-state index in [2.05, 4.69) is 51.9 Å². The fraction of sp³-hybridized carbons (Fsp3) is 0.381. The molecule has 1 unspecified atom stereocenters. The van der Waals surface area contributed by atoms with Gasteiger partial charge in [-0.1, -0.05) is 30.3 Å². The monoisotopic (exact) mass is 423 g/mol. The van der Waals surface area contributed by atoms with Crippen molar-refractivity contribution in [2.24, 2.45) is 0 Å². The third kappa shape index (κ3) is 5.61. The van der Waals surface area contributed by atoms with E-state index in [1.165, 1.54) is 16.8 Å². The Bertz CT molecular complexity index is 765. The maximum absolute atomic E-state index is 12.2. The van der Waals surface area contributed by atoms with Crippen LogP contribution in [0.3, 0.4) is 0 Å². The third-order valence-corrected chi connectivity index (χ3v) is 5.02. The van der Waals surface area contributed by atoms with Crippen molar-refractivity contribution in [3.63, 3.8) is 0 Å². The van der Waals surface area contributed by atoms with Crippen LogP contribution in [-0.4, -0.2) is 38.3 Å². The minimum Gasteiger partial charge on any atom is -0.378 e. The van der Waals surface area contributed by atoms with Crippen molar-refractivity contribution in [1.29, 1.82) is 0 Å². The molecule has 2 aromatic rings. The fourth-order valence-electron chi connectivity index (χ4n) is 3.67. The Morgan fingerprint density at radius 3 is 2.68 bits per heavy atom. The van der Waals surface area contributed by atoms with E-state index < -0.39 is 0 Å². The first-order valence-corrected chi connectivity index (χ1v) is 9.31. The quantitative estimate of drug-likeness (QED) is 0.773. The molecule has 1 amide bonds. The molecule has 2 aliphatic rings. The number of nitrogens with one attached hydrogen (secondary N) is 2. The number of carbonyl (C=O) groups is 1. The van der Waals surface area contributed by atoms with Crippen molar-refractivity contribution in [3.05, 3.63) is 59.7 Å². The Morgan fingerprint density at radius 1 is 1.14 bits per heavy atom. The highest BCUT2D eigenvalue weighted by Gasteiger charge is 2.19. The van der Waals surface area contributed by atoms with E-state index in [9.17, 15) is 4.79 Å². The van der Waals surface area contributed by atoms with Crippen LogP contribution in [0.5, 0.6) is 0 Å². The van der Waals surface area contributed by atoms with Crippen molar-refractivity contribution < 1.29 is 9.53 Å². The van der Waals surface area contributed by atoms with Crippen LogP contribution in [0, 0.1) is 0 Å². The molecule has 1 fully saturated rings. The van der Waals surface area contributed by atoms with E-state index in [0.717, 1.165) is 38.3 Å². The predicted octanol–water partition coefficient (Wildman–Crippen LogP) is 3.41. The number of nitrogens with zero attached hydrogens (tertiary/aromatic N) is 1. The van der Waals surface area contributed by atoms with Crippen molar-refractivity contribution >= 4 is 42.1 Å². The number of carbonyl (C=O) groups excluding carboxylic acids is 1. The molecule has 152 valence electrons. The van der Waals surface area contributed by atoms with E-state index >= 15 is 0 Å². The molecule has 2 N–H and O–H groups in total. The first-order valence-electron chi connectivity index (χ1n) is 9.31. The lowest BCUT2D eigenvalue weighted by Crippen LogP contribution is -2.43. The highest BCUT2D eigenvalue weighted by molar-refractivity contribution is 5.91. The largest absolute Gasteiger partial charge is 0.378 e. The zero-order valence-corrected chi connectivity index (χ0v) is 17.4. The van der Waals surface area contributed by atoms with E-state index in [0.29, 0.717) is 13.0 Å². The summed E-state index contributed by atoms with van der Waals surface area (Å²) in [5, 5.41) is 6.28. The normalized spacial score (nSPS) is 17.9. The minimum absolute atomic E-state index is 0. The lowest BCUT2D eigenvalue weighted by atomic mass is 10.1. The van der Waals surface area contributed by atoms with E-state index in [1.54, 1.807) is 0 Å². The average molecular weight is 424 g/mol. The molecule has 2 aliphatic heterocycles. The summed E-state index contributed by atoms with van der Waals surface area (Å²) >= 11 is 0. The number of rotatable bonds is 5. The number of morpholine rings is 1. The molecule has 0 saturated carbocycles. The van der Waals surface area contributed by atoms with Gasteiger partial charge in [-0.05, 0) is 35.7 Å². The standard InChI is InChI=1S/C21H25N3O2.2ClH/c25-21(13-19-15-26-12-10-22-19)23-18-7-5-16(6-8-18)14-24-11-9-17-3-1-2-4-20(17)24;;/h1-8,19,22H,9-15H2,(H,23,25);2*1H. The van der Waals surface area contributed by atoms with Crippen LogP contribution >= 0.6 is 24.8 Å². The first kappa shape index (κ1) is 22.5. The number of halogens is 2. The van der Waals surface area contributed by atoms with Crippen LogP contribution in [0.4, 0.5) is 11.4 Å². The zero-order valence-electron chi connectivity index (χ0n) is 15.7. The van der Waals surface area contributed by atoms with Gasteiger partial charge in [0.1, 0.15) is 0 Å². The van der Waals surface area contributed by atoms with Gasteiger partial charge in [-0.15, -0.1) is 24.8 Å². The molecular formula is C21H27Cl2N3O2. The van der Waals surface area contributed by atoms with E-state index in [4.69, 9.17) is 4.74 Å². The van der Waals surface area contributed by atoms with Crippen LogP contribution in [0.15, 0.2) is 48.5 Å². The summed E-state index contributed by atoms with van der Waals surface area (Å²) in [6.45, 7) is 4.10. The second-order valence-electron chi connectivity index (χ2n) is 6.98. The number of para-hydroxylation sites is 1. The molecule has 0 radical (unpaired) electrons. The molecule has 0 bridgehead atoms. The highest BCUT2D eigenvalue weighted by Crippen LogP contribution is 2.28. The summed E-state index contributed by atoms with van der Waals surface area (Å²) < 4.78 is 5.39. The molecule has 7 heteroatoms. The predicted molar refractivity (Wildman–Crippen MR) is 118 cm³/mol. The van der Waals surface area contributed by atoms with Gasteiger partial charge in [-0.3, -0.25) is 4.79 Å². The number of fused-ring (bicyclic) bond motifs is 1. The Morgan fingerprint density at radius 2 is 1.93 bits per heavy atom. The minimum atomic E-state index is 0. The van der Waals surface area contributed by atoms with Gasteiger partial charge in [0, 0.05) is 43.5 Å². The Labute approximate surface area is 178 Å². The van der Waals surface area contributed by atoms with Gasteiger partial charge in [0.2, 0.25) is 5.91 Å². The maximum atomic E-state index is 12.2. The molecule has 1 saturated heterocycles. The van der Waals surface area contributed by atoms with Crippen molar-refractivity contribution in [3.8, 4) is 0 Å². The van der Waals surface area contributed by atoms with Gasteiger partial charge in [-0.2, -0.15) is 0 Å². The van der Waals surface area contributed by atoms with Crippen LogP contribution in [0.1, 0.15) is 17.5 Å². The summed E-state index contributed by atoms with van der Waals surface area (Å²) in [7, 11) is 0. The molecule has 4 rings (SSSR count). The summed E-state index contributed by atoms with van der Waals surface area (Å²) in [5.74, 6) is 0.0224. The fourth-order valence-corrected chi connectivity index (χ4v) is 3.67. The van der Waals surface area contributed by atoms with Crippen molar-refractivity contribution in [2.75, 3.05) is 36.5 Å². The second-order valence-corrected chi connectivity index (χ2v) is 6.98. The Kier molecular flexibility index (Phi) is 8.58. The number of hydrogen-bond acceptors (Lipinski definition) is 4. The molecule has 2 heterocycles. The van der Waals surface area contributed by atoms with Gasteiger partial charge >= 0.3 is 0 Å². The Balaban J connectivity index is 0.00000140. The molecule has 0 spiro atoms. The highest BCUT2D eigenvalue weighted by atomic mass is 35.5. The molecule has 5 nitrogen and oxygen atoms in total. The van der Waals surface area contributed by atoms with Crippen LogP contribution < -0.4 is 15.5 Å². The molecule has 0 aliphatic carbocycles. The zero-order chi connectivity index (χ0) is 17.8. The third-order valence-electron chi connectivity index (χ3n) is 5.02. The molecule has 28 heavy (non-hydrogen) atoms. The van der Waals surface area contributed by atoms with Gasteiger partial charge < -0.3 is 20.3 Å². The number of ether oxygens (including phenoxy) is 1. The summed E-state index contributed by atoms with van der Waals surface area (Å²) in [6.07, 6.45) is 1.55. The maximum Gasteiger partial charge on any atom is 0.226 e. The molecule has 0 aromatic heterocycles. The summed E-state index contributed by atoms with van der Waals surface area (Å²) in [5.41, 5.74) is 4.86. The van der Waals surface area contributed by atoms with Gasteiger partial charge in [0.25, 0.3) is 0 Å². The lowest BCUT2D eigenvalue weighted by Gasteiger charge is -2.23. The second kappa shape index (κ2) is 10.7. The van der Waals surface area contributed by atoms with Crippen LogP contribution in [0.2, 0.25) is 0 Å². The topological polar surface area (TPSA) is 53.6 Å².